The quantitative estimate of drug-likeness (QED) is 0.655. The number of hydrogen-bond donors (Lipinski definition) is 3. The van der Waals surface area contributed by atoms with Gasteiger partial charge in [0.25, 0.3) is 0 Å². The molecule has 0 aromatic heterocycles. The number of carbonyl (C=O) groups excluding carboxylic acids is 1. The Kier molecular flexibility index (Phi) is 7.44. The molecule has 0 radical (unpaired) electrons. The van der Waals surface area contributed by atoms with Crippen LogP contribution in [-0.2, 0) is 4.79 Å². The standard InChI is InChI=1S/C20H26N2O3/c1-15(21-19(12-13-23)16-6-4-3-5-7-16)14-20(24)22-17-8-10-18(25-2)11-9-17/h3-11,15,19,21,23H,12-14H2,1-2H3,(H,22,24)/t15?,19-/m1/s1. The van der Waals surface area contributed by atoms with Crippen molar-refractivity contribution in [1.29, 1.82) is 0 Å². The second-order valence-electron chi connectivity index (χ2n) is 6.02. The molecule has 0 heterocycles. The molecule has 2 rings (SSSR count). The minimum Gasteiger partial charge on any atom is -0.497 e. The Hall–Kier alpha value is -2.37. The summed E-state index contributed by atoms with van der Waals surface area (Å²) in [6.45, 7) is 2.07. The van der Waals surface area contributed by atoms with Gasteiger partial charge < -0.3 is 20.5 Å². The van der Waals surface area contributed by atoms with E-state index < -0.39 is 0 Å². The smallest absolute Gasteiger partial charge is 0.225 e. The SMILES string of the molecule is COc1ccc(NC(=O)CC(C)N[C@H](CCO)c2ccccc2)cc1. The van der Waals surface area contributed by atoms with Gasteiger partial charge in [-0.3, -0.25) is 4.79 Å². The molecule has 5 nitrogen and oxygen atoms in total. The summed E-state index contributed by atoms with van der Waals surface area (Å²) in [5.74, 6) is 0.698. The molecule has 0 aliphatic rings. The van der Waals surface area contributed by atoms with Gasteiger partial charge in [-0.05, 0) is 43.2 Å². The lowest BCUT2D eigenvalue weighted by Gasteiger charge is -2.23. The van der Waals surface area contributed by atoms with Gasteiger partial charge in [0.15, 0.2) is 0 Å². The van der Waals surface area contributed by atoms with E-state index in [1.165, 1.54) is 0 Å². The maximum atomic E-state index is 12.2. The van der Waals surface area contributed by atoms with Gasteiger partial charge in [-0.15, -0.1) is 0 Å². The third-order valence-electron chi connectivity index (χ3n) is 3.97. The van der Waals surface area contributed by atoms with Gasteiger partial charge in [-0.1, -0.05) is 30.3 Å². The van der Waals surface area contributed by atoms with E-state index in [2.05, 4.69) is 10.6 Å². The van der Waals surface area contributed by atoms with E-state index in [4.69, 9.17) is 4.74 Å². The van der Waals surface area contributed by atoms with Crippen LogP contribution in [0, 0.1) is 0 Å². The molecular weight excluding hydrogens is 316 g/mol. The van der Waals surface area contributed by atoms with Crippen LogP contribution in [0.1, 0.15) is 31.4 Å². The van der Waals surface area contributed by atoms with Crippen LogP contribution in [0.25, 0.3) is 0 Å². The summed E-state index contributed by atoms with van der Waals surface area (Å²) in [7, 11) is 1.61. The van der Waals surface area contributed by atoms with Crippen molar-refractivity contribution in [2.75, 3.05) is 19.0 Å². The molecule has 25 heavy (non-hydrogen) atoms. The second-order valence-corrected chi connectivity index (χ2v) is 6.02. The van der Waals surface area contributed by atoms with Crippen molar-refractivity contribution in [1.82, 2.24) is 5.32 Å². The predicted octanol–water partition coefficient (Wildman–Crippen LogP) is 3.13. The van der Waals surface area contributed by atoms with E-state index in [0.29, 0.717) is 12.8 Å². The average Bonchev–Trinajstić information content (AvgIpc) is 2.62. The Balaban J connectivity index is 1.88. The Morgan fingerprint density at radius 3 is 2.40 bits per heavy atom. The summed E-state index contributed by atoms with van der Waals surface area (Å²) < 4.78 is 5.10. The maximum absolute atomic E-state index is 12.2. The molecule has 3 N–H and O–H groups in total. The summed E-state index contributed by atoms with van der Waals surface area (Å²) in [4.78, 5) is 12.2. The van der Waals surface area contributed by atoms with Gasteiger partial charge in [0, 0.05) is 30.8 Å². The highest BCUT2D eigenvalue weighted by Crippen LogP contribution is 2.18. The zero-order valence-corrected chi connectivity index (χ0v) is 14.7. The van der Waals surface area contributed by atoms with E-state index in [0.717, 1.165) is 17.0 Å². The van der Waals surface area contributed by atoms with Crippen LogP contribution in [0.15, 0.2) is 54.6 Å². The molecule has 134 valence electrons. The van der Waals surface area contributed by atoms with Crippen molar-refractivity contribution in [2.45, 2.75) is 31.8 Å². The lowest BCUT2D eigenvalue weighted by atomic mass is 10.0. The molecule has 0 saturated carbocycles. The van der Waals surface area contributed by atoms with Crippen LogP contribution in [0.4, 0.5) is 5.69 Å². The van der Waals surface area contributed by atoms with Crippen LogP contribution in [-0.4, -0.2) is 30.8 Å². The van der Waals surface area contributed by atoms with Crippen molar-refractivity contribution in [3.63, 3.8) is 0 Å². The minimum atomic E-state index is -0.0547. The Morgan fingerprint density at radius 1 is 1.12 bits per heavy atom. The fraction of sp³-hybridized carbons (Fsp3) is 0.350. The van der Waals surface area contributed by atoms with Crippen LogP contribution in [0.5, 0.6) is 5.75 Å². The highest BCUT2D eigenvalue weighted by molar-refractivity contribution is 5.91. The molecule has 2 atom stereocenters. The highest BCUT2D eigenvalue weighted by Gasteiger charge is 2.16. The number of carbonyl (C=O) groups is 1. The molecule has 2 aromatic rings. The fourth-order valence-corrected chi connectivity index (χ4v) is 2.73. The first-order valence-corrected chi connectivity index (χ1v) is 8.48. The normalized spacial score (nSPS) is 13.1. The number of aliphatic hydroxyl groups excluding tert-OH is 1. The first-order chi connectivity index (χ1) is 12.1. The lowest BCUT2D eigenvalue weighted by molar-refractivity contribution is -0.116. The molecule has 0 aliphatic heterocycles. The van der Waals surface area contributed by atoms with E-state index >= 15 is 0 Å². The van der Waals surface area contributed by atoms with Gasteiger partial charge in [-0.2, -0.15) is 0 Å². The van der Waals surface area contributed by atoms with E-state index in [-0.39, 0.29) is 24.6 Å². The van der Waals surface area contributed by atoms with Gasteiger partial charge in [0.2, 0.25) is 5.91 Å². The molecule has 0 saturated heterocycles. The molecule has 0 spiro atoms. The number of hydrogen-bond acceptors (Lipinski definition) is 4. The summed E-state index contributed by atoms with van der Waals surface area (Å²) in [5.41, 5.74) is 1.85. The highest BCUT2D eigenvalue weighted by atomic mass is 16.5. The summed E-state index contributed by atoms with van der Waals surface area (Å²) >= 11 is 0. The molecule has 0 bridgehead atoms. The van der Waals surface area contributed by atoms with Crippen molar-refractivity contribution in [3.8, 4) is 5.75 Å². The molecule has 1 amide bonds. The van der Waals surface area contributed by atoms with E-state index in [1.807, 2.05) is 61.5 Å². The Bertz CT molecular complexity index is 644. The van der Waals surface area contributed by atoms with Crippen molar-refractivity contribution in [2.24, 2.45) is 0 Å². The van der Waals surface area contributed by atoms with Crippen molar-refractivity contribution in [3.05, 3.63) is 60.2 Å². The minimum absolute atomic E-state index is 0.0185. The van der Waals surface area contributed by atoms with Crippen molar-refractivity contribution < 1.29 is 14.6 Å². The number of benzene rings is 2. The number of nitrogens with one attached hydrogen (secondary N) is 2. The van der Waals surface area contributed by atoms with Gasteiger partial charge >= 0.3 is 0 Å². The van der Waals surface area contributed by atoms with Gasteiger partial charge in [-0.25, -0.2) is 0 Å². The maximum Gasteiger partial charge on any atom is 0.225 e. The molecule has 1 unspecified atom stereocenters. The molecule has 2 aromatic carbocycles. The monoisotopic (exact) mass is 342 g/mol. The van der Waals surface area contributed by atoms with Crippen LogP contribution >= 0.6 is 0 Å². The zero-order chi connectivity index (χ0) is 18.1. The third-order valence-corrected chi connectivity index (χ3v) is 3.97. The molecule has 5 heteroatoms. The van der Waals surface area contributed by atoms with Crippen molar-refractivity contribution >= 4 is 11.6 Å². The second kappa shape index (κ2) is 9.81. The largest absolute Gasteiger partial charge is 0.497 e. The van der Waals surface area contributed by atoms with Gasteiger partial charge in [0.1, 0.15) is 5.75 Å². The van der Waals surface area contributed by atoms with Crippen LogP contribution in [0.3, 0.4) is 0 Å². The number of anilines is 1. The van der Waals surface area contributed by atoms with E-state index in [1.54, 1.807) is 7.11 Å². The van der Waals surface area contributed by atoms with Gasteiger partial charge in [0.05, 0.1) is 7.11 Å². The topological polar surface area (TPSA) is 70.6 Å². The summed E-state index contributed by atoms with van der Waals surface area (Å²) in [5, 5.41) is 15.6. The molecule has 0 fully saturated rings. The lowest BCUT2D eigenvalue weighted by Crippen LogP contribution is -2.34. The van der Waals surface area contributed by atoms with Crippen LogP contribution in [0.2, 0.25) is 0 Å². The third kappa shape index (κ3) is 6.21. The zero-order valence-electron chi connectivity index (χ0n) is 14.7. The summed E-state index contributed by atoms with van der Waals surface area (Å²) in [6.07, 6.45) is 0.954. The van der Waals surface area contributed by atoms with Crippen LogP contribution < -0.4 is 15.4 Å². The first kappa shape index (κ1) is 19.0. The first-order valence-electron chi connectivity index (χ1n) is 8.48. The number of amides is 1. The molecule has 0 aliphatic carbocycles. The Labute approximate surface area is 149 Å². The predicted molar refractivity (Wildman–Crippen MR) is 99.7 cm³/mol. The average molecular weight is 342 g/mol. The number of rotatable bonds is 9. The summed E-state index contributed by atoms with van der Waals surface area (Å²) in [6, 6.07) is 17.2. The van der Waals surface area contributed by atoms with E-state index in [9.17, 15) is 9.90 Å². The number of methoxy groups -OCH3 is 1. The number of aliphatic hydroxyl groups is 1. The number of ether oxygens (including phenoxy) is 1. The fourth-order valence-electron chi connectivity index (χ4n) is 2.73. The Morgan fingerprint density at radius 2 is 1.80 bits per heavy atom. The molecular formula is C20H26N2O3.